The number of benzene rings is 1. The molecule has 9 heteroatoms. The smallest absolute Gasteiger partial charge is 0.327 e. The highest BCUT2D eigenvalue weighted by Crippen LogP contribution is 2.12. The van der Waals surface area contributed by atoms with Crippen molar-refractivity contribution in [1.29, 1.82) is 0 Å². The zero-order valence-electron chi connectivity index (χ0n) is 11.9. The fourth-order valence-electron chi connectivity index (χ4n) is 1.55. The number of amides is 1. The van der Waals surface area contributed by atoms with E-state index in [9.17, 15) is 18.0 Å². The number of aliphatic carboxylic acids is 1. The van der Waals surface area contributed by atoms with Gasteiger partial charge in [-0.1, -0.05) is 6.92 Å². The summed E-state index contributed by atoms with van der Waals surface area (Å²) in [5.74, 6) is -2.87. The first-order valence-electron chi connectivity index (χ1n) is 6.44. The number of carbonyl (C=O) groups excluding carboxylic acids is 1. The number of carbonyl (C=O) groups is 2. The van der Waals surface area contributed by atoms with Crippen LogP contribution in [-0.4, -0.2) is 48.4 Å². The van der Waals surface area contributed by atoms with Crippen molar-refractivity contribution in [2.24, 2.45) is 0 Å². The van der Waals surface area contributed by atoms with Crippen LogP contribution < -0.4 is 10.1 Å². The normalized spacial score (nSPS) is 12.5. The predicted octanol–water partition coefficient (Wildman–Crippen LogP) is 0.546. The molecule has 1 unspecified atom stereocenters. The van der Waals surface area contributed by atoms with E-state index in [4.69, 9.17) is 14.4 Å². The third-order valence-electron chi connectivity index (χ3n) is 2.57. The van der Waals surface area contributed by atoms with Crippen LogP contribution in [0.1, 0.15) is 23.7 Å². The zero-order valence-corrected chi connectivity index (χ0v) is 12.7. The molecule has 22 heavy (non-hydrogen) atoms. The molecule has 0 radical (unpaired) electrons. The quantitative estimate of drug-likeness (QED) is 0.593. The van der Waals surface area contributed by atoms with E-state index in [1.807, 2.05) is 12.2 Å². The van der Waals surface area contributed by atoms with Crippen molar-refractivity contribution < 1.29 is 32.4 Å². The predicted molar refractivity (Wildman–Crippen MR) is 77.5 cm³/mol. The molecule has 1 atom stereocenters. The van der Waals surface area contributed by atoms with Crippen LogP contribution in [0.5, 0.6) is 5.75 Å². The third-order valence-corrected chi connectivity index (χ3v) is 3.32. The van der Waals surface area contributed by atoms with E-state index in [2.05, 4.69) is 0 Å². The van der Waals surface area contributed by atoms with Gasteiger partial charge in [-0.3, -0.25) is 9.35 Å². The highest BCUT2D eigenvalue weighted by molar-refractivity contribution is 7.85. The van der Waals surface area contributed by atoms with Crippen molar-refractivity contribution >= 4 is 22.0 Å². The van der Waals surface area contributed by atoms with Crippen LogP contribution in [0, 0.1) is 0 Å². The molecule has 0 aliphatic carbocycles. The van der Waals surface area contributed by atoms with Gasteiger partial charge in [0.15, 0.2) is 0 Å². The lowest BCUT2D eigenvalue weighted by molar-refractivity contribution is -0.138. The Hall–Kier alpha value is -2.13. The summed E-state index contributed by atoms with van der Waals surface area (Å²) in [4.78, 5) is 22.8. The monoisotopic (exact) mass is 331 g/mol. The Morgan fingerprint density at radius 1 is 1.27 bits per heavy atom. The standard InChI is InChI=1S/C13H17NO7S/c1-2-7-21-10-5-3-9(4-6-10)12(15)14-11(13(16)17)8-22(18,19)20/h3-6,11H,2,7-8H2,1H3,(H,14,15)(H,16,17)(H,18,19,20). The van der Waals surface area contributed by atoms with Crippen molar-refractivity contribution in [1.82, 2.24) is 5.32 Å². The Balaban J connectivity index is 2.75. The molecule has 0 saturated carbocycles. The van der Waals surface area contributed by atoms with E-state index < -0.39 is 33.8 Å². The summed E-state index contributed by atoms with van der Waals surface area (Å²) in [6, 6.07) is 4.20. The second-order valence-electron chi connectivity index (χ2n) is 4.49. The summed E-state index contributed by atoms with van der Waals surface area (Å²) in [5, 5.41) is 10.9. The van der Waals surface area contributed by atoms with Crippen LogP contribution in [0.25, 0.3) is 0 Å². The lowest BCUT2D eigenvalue weighted by atomic mass is 10.2. The summed E-state index contributed by atoms with van der Waals surface area (Å²) in [6.45, 7) is 2.48. The average Bonchev–Trinajstić information content (AvgIpc) is 2.43. The Morgan fingerprint density at radius 2 is 1.86 bits per heavy atom. The molecular weight excluding hydrogens is 314 g/mol. The fraction of sp³-hybridized carbons (Fsp3) is 0.385. The van der Waals surface area contributed by atoms with Crippen molar-refractivity contribution in [3.05, 3.63) is 29.8 Å². The van der Waals surface area contributed by atoms with E-state index in [-0.39, 0.29) is 5.56 Å². The van der Waals surface area contributed by atoms with Crippen molar-refractivity contribution in [3.63, 3.8) is 0 Å². The van der Waals surface area contributed by atoms with Crippen molar-refractivity contribution in [2.75, 3.05) is 12.4 Å². The van der Waals surface area contributed by atoms with Gasteiger partial charge < -0.3 is 15.2 Å². The minimum Gasteiger partial charge on any atom is -0.494 e. The van der Waals surface area contributed by atoms with Gasteiger partial charge in [0.05, 0.1) is 6.61 Å². The minimum atomic E-state index is -4.53. The van der Waals surface area contributed by atoms with Gasteiger partial charge in [0, 0.05) is 5.56 Å². The molecule has 8 nitrogen and oxygen atoms in total. The van der Waals surface area contributed by atoms with E-state index in [1.165, 1.54) is 12.1 Å². The summed E-state index contributed by atoms with van der Waals surface area (Å²) in [6.07, 6.45) is 0.832. The summed E-state index contributed by atoms with van der Waals surface area (Å²) < 4.78 is 35.5. The molecule has 1 aromatic rings. The molecule has 0 aromatic heterocycles. The Bertz CT molecular complexity index is 624. The minimum absolute atomic E-state index is 0.144. The molecule has 0 aliphatic rings. The van der Waals surface area contributed by atoms with Gasteiger partial charge >= 0.3 is 5.97 Å². The number of hydrogen-bond acceptors (Lipinski definition) is 5. The lowest BCUT2D eigenvalue weighted by Crippen LogP contribution is -2.45. The molecule has 0 bridgehead atoms. The molecule has 1 amide bonds. The molecule has 0 fully saturated rings. The number of rotatable bonds is 8. The largest absolute Gasteiger partial charge is 0.494 e. The van der Waals surface area contributed by atoms with E-state index in [1.54, 1.807) is 12.1 Å². The average molecular weight is 331 g/mol. The summed E-state index contributed by atoms with van der Waals surface area (Å²) >= 11 is 0. The molecule has 0 saturated heterocycles. The number of hydrogen-bond donors (Lipinski definition) is 3. The zero-order chi connectivity index (χ0) is 16.8. The molecule has 122 valence electrons. The van der Waals surface area contributed by atoms with Crippen LogP contribution in [0.4, 0.5) is 0 Å². The molecule has 0 spiro atoms. The highest BCUT2D eigenvalue weighted by atomic mass is 32.2. The number of carboxylic acid groups (broad SMARTS) is 1. The molecule has 1 aromatic carbocycles. The number of carboxylic acids is 1. The van der Waals surface area contributed by atoms with Gasteiger partial charge in [0.25, 0.3) is 16.0 Å². The molecule has 0 aliphatic heterocycles. The van der Waals surface area contributed by atoms with Gasteiger partial charge in [-0.2, -0.15) is 8.42 Å². The SMILES string of the molecule is CCCOc1ccc(C(=O)NC(CS(=O)(=O)O)C(=O)O)cc1. The number of nitrogens with one attached hydrogen (secondary N) is 1. The second kappa shape index (κ2) is 7.76. The van der Waals surface area contributed by atoms with Crippen LogP contribution in [0.2, 0.25) is 0 Å². The van der Waals surface area contributed by atoms with Crippen LogP contribution in [-0.2, 0) is 14.9 Å². The maximum Gasteiger partial charge on any atom is 0.327 e. The van der Waals surface area contributed by atoms with Gasteiger partial charge in [-0.25, -0.2) is 4.79 Å². The summed E-state index contributed by atoms with van der Waals surface area (Å²) in [7, 11) is -4.53. The molecule has 0 heterocycles. The van der Waals surface area contributed by atoms with Crippen LogP contribution in [0.15, 0.2) is 24.3 Å². The van der Waals surface area contributed by atoms with Crippen molar-refractivity contribution in [3.8, 4) is 5.75 Å². The van der Waals surface area contributed by atoms with E-state index in [0.29, 0.717) is 12.4 Å². The molecule has 3 N–H and O–H groups in total. The Morgan fingerprint density at radius 3 is 2.32 bits per heavy atom. The van der Waals surface area contributed by atoms with Gasteiger partial charge in [-0.15, -0.1) is 0 Å². The third kappa shape index (κ3) is 6.10. The van der Waals surface area contributed by atoms with Gasteiger partial charge in [-0.05, 0) is 30.7 Å². The summed E-state index contributed by atoms with van der Waals surface area (Å²) in [5.41, 5.74) is 0.144. The maximum absolute atomic E-state index is 11.9. The number of ether oxygens (including phenoxy) is 1. The Labute approximate surface area is 127 Å². The fourth-order valence-corrected chi connectivity index (χ4v) is 2.20. The first-order valence-corrected chi connectivity index (χ1v) is 8.05. The van der Waals surface area contributed by atoms with Gasteiger partial charge in [0.2, 0.25) is 0 Å². The van der Waals surface area contributed by atoms with Crippen molar-refractivity contribution in [2.45, 2.75) is 19.4 Å². The highest BCUT2D eigenvalue weighted by Gasteiger charge is 2.26. The topological polar surface area (TPSA) is 130 Å². The first kappa shape index (κ1) is 17.9. The lowest BCUT2D eigenvalue weighted by Gasteiger charge is -2.13. The van der Waals surface area contributed by atoms with E-state index in [0.717, 1.165) is 6.42 Å². The molecule has 1 rings (SSSR count). The van der Waals surface area contributed by atoms with E-state index >= 15 is 0 Å². The van der Waals surface area contributed by atoms with Gasteiger partial charge in [0.1, 0.15) is 17.5 Å². The van der Waals surface area contributed by atoms with Crippen LogP contribution in [0.3, 0.4) is 0 Å². The van der Waals surface area contributed by atoms with Crippen LogP contribution >= 0.6 is 0 Å². The second-order valence-corrected chi connectivity index (χ2v) is 5.98. The molecular formula is C13H17NO7S. The maximum atomic E-state index is 11.9. The Kier molecular flexibility index (Phi) is 6.32. The first-order chi connectivity index (χ1) is 10.2.